The van der Waals surface area contributed by atoms with Gasteiger partial charge in [-0.1, -0.05) is 12.0 Å². The molecule has 0 aromatic carbocycles. The summed E-state index contributed by atoms with van der Waals surface area (Å²) in [5.74, 6) is 2.63. The number of pyridine rings is 1. The van der Waals surface area contributed by atoms with Gasteiger partial charge in [0.2, 0.25) is 0 Å². The van der Waals surface area contributed by atoms with E-state index in [4.69, 9.17) is 10.8 Å². The van der Waals surface area contributed by atoms with Crippen molar-refractivity contribution in [3.05, 3.63) is 58.4 Å². The normalized spacial score (nSPS) is 9.84. The molecule has 0 aliphatic rings. The Kier molecular flexibility index (Phi) is 3.84. The van der Waals surface area contributed by atoms with Gasteiger partial charge in [-0.25, -0.2) is 0 Å². The summed E-state index contributed by atoms with van der Waals surface area (Å²) in [5, 5.41) is 2.50. The summed E-state index contributed by atoms with van der Waals surface area (Å²) in [6.45, 7) is 0.426. The molecule has 0 unspecified atom stereocenters. The van der Waals surface area contributed by atoms with Crippen LogP contribution in [0.5, 0.6) is 0 Å². The zero-order chi connectivity index (χ0) is 13.7. The number of hydrogen-bond donors (Lipinski definition) is 1. The standard InChI is InChI=1S/C14H12N2O3/c1-2-8-15-14(18)12-7-6-11(19-12)10-16-9-4-3-5-13(16)17/h1,3-7,9H,8,10H2,(H,15,18). The first-order valence-corrected chi connectivity index (χ1v) is 5.66. The number of terminal acetylenes is 1. The van der Waals surface area contributed by atoms with Crippen molar-refractivity contribution < 1.29 is 9.21 Å². The van der Waals surface area contributed by atoms with Crippen LogP contribution >= 0.6 is 0 Å². The van der Waals surface area contributed by atoms with E-state index in [-0.39, 0.29) is 30.3 Å². The van der Waals surface area contributed by atoms with Crippen LogP contribution in [0, 0.1) is 12.3 Å². The summed E-state index contributed by atoms with van der Waals surface area (Å²) in [6, 6.07) is 8.09. The van der Waals surface area contributed by atoms with Crippen LogP contribution in [0.25, 0.3) is 0 Å². The lowest BCUT2D eigenvalue weighted by Gasteiger charge is -2.01. The molecule has 2 aromatic heterocycles. The molecule has 1 N–H and O–H groups in total. The molecular formula is C14H12N2O3. The molecule has 0 fully saturated rings. The van der Waals surface area contributed by atoms with Gasteiger partial charge in [0.25, 0.3) is 11.5 Å². The maximum Gasteiger partial charge on any atom is 0.287 e. The lowest BCUT2D eigenvalue weighted by Crippen LogP contribution is -2.23. The van der Waals surface area contributed by atoms with Crippen molar-refractivity contribution >= 4 is 5.91 Å². The van der Waals surface area contributed by atoms with Crippen LogP contribution in [0.3, 0.4) is 0 Å². The molecular weight excluding hydrogens is 244 g/mol. The average Bonchev–Trinajstić information content (AvgIpc) is 2.87. The van der Waals surface area contributed by atoms with E-state index in [2.05, 4.69) is 11.2 Å². The number of furan rings is 1. The van der Waals surface area contributed by atoms with Gasteiger partial charge in [0.05, 0.1) is 13.1 Å². The minimum Gasteiger partial charge on any atom is -0.454 e. The second kappa shape index (κ2) is 5.74. The van der Waals surface area contributed by atoms with Crippen molar-refractivity contribution in [1.82, 2.24) is 9.88 Å². The van der Waals surface area contributed by atoms with Crippen LogP contribution in [-0.4, -0.2) is 17.0 Å². The smallest absolute Gasteiger partial charge is 0.287 e. The first-order valence-electron chi connectivity index (χ1n) is 5.66. The van der Waals surface area contributed by atoms with Gasteiger partial charge in [0.1, 0.15) is 5.76 Å². The van der Waals surface area contributed by atoms with Crippen molar-refractivity contribution in [3.8, 4) is 12.3 Å². The van der Waals surface area contributed by atoms with Gasteiger partial charge >= 0.3 is 0 Å². The van der Waals surface area contributed by atoms with Gasteiger partial charge in [-0.05, 0) is 18.2 Å². The van der Waals surface area contributed by atoms with E-state index in [0.29, 0.717) is 5.76 Å². The van der Waals surface area contributed by atoms with Crippen LogP contribution < -0.4 is 10.9 Å². The van der Waals surface area contributed by atoms with Gasteiger partial charge < -0.3 is 14.3 Å². The number of carbonyl (C=O) groups excluding carboxylic acids is 1. The first kappa shape index (κ1) is 12.7. The Labute approximate surface area is 109 Å². The molecule has 0 saturated carbocycles. The largest absolute Gasteiger partial charge is 0.454 e. The third-order valence-corrected chi connectivity index (χ3v) is 2.46. The fraction of sp³-hybridized carbons (Fsp3) is 0.143. The lowest BCUT2D eigenvalue weighted by molar-refractivity contribution is 0.0929. The molecule has 0 aliphatic heterocycles. The lowest BCUT2D eigenvalue weighted by atomic mass is 10.4. The number of aromatic nitrogens is 1. The highest BCUT2D eigenvalue weighted by Crippen LogP contribution is 2.08. The highest BCUT2D eigenvalue weighted by molar-refractivity contribution is 5.91. The van der Waals surface area contributed by atoms with E-state index in [0.717, 1.165) is 0 Å². The zero-order valence-electron chi connectivity index (χ0n) is 10.1. The summed E-state index contributed by atoms with van der Waals surface area (Å²) < 4.78 is 6.85. The fourth-order valence-corrected chi connectivity index (χ4v) is 1.56. The number of amides is 1. The van der Waals surface area contributed by atoms with Gasteiger partial charge in [0, 0.05) is 12.3 Å². The molecule has 0 radical (unpaired) electrons. The fourth-order valence-electron chi connectivity index (χ4n) is 1.56. The molecule has 5 heteroatoms. The molecule has 0 spiro atoms. The highest BCUT2D eigenvalue weighted by atomic mass is 16.4. The predicted octanol–water partition coefficient (Wildman–Crippen LogP) is 0.853. The summed E-state index contributed by atoms with van der Waals surface area (Å²) in [6.07, 6.45) is 6.70. The SMILES string of the molecule is C#CCNC(=O)c1ccc(Cn2ccccc2=O)o1. The topological polar surface area (TPSA) is 64.2 Å². The molecule has 2 rings (SSSR count). The Hall–Kier alpha value is -2.74. The second-order valence-electron chi connectivity index (χ2n) is 3.82. The van der Waals surface area contributed by atoms with Crippen LogP contribution in [0.2, 0.25) is 0 Å². The van der Waals surface area contributed by atoms with Crippen LogP contribution in [0.15, 0.2) is 45.7 Å². The predicted molar refractivity (Wildman–Crippen MR) is 69.7 cm³/mol. The molecule has 0 aliphatic carbocycles. The van der Waals surface area contributed by atoms with E-state index in [9.17, 15) is 9.59 Å². The van der Waals surface area contributed by atoms with Crippen molar-refractivity contribution in [2.75, 3.05) is 6.54 Å². The molecule has 19 heavy (non-hydrogen) atoms. The number of rotatable bonds is 4. The summed E-state index contributed by atoms with van der Waals surface area (Å²) >= 11 is 0. The number of hydrogen-bond acceptors (Lipinski definition) is 3. The van der Waals surface area contributed by atoms with Gasteiger partial charge in [-0.15, -0.1) is 6.42 Å². The Bertz CT molecular complexity index is 676. The number of nitrogens with zero attached hydrogens (tertiary/aromatic N) is 1. The van der Waals surface area contributed by atoms with Crippen LogP contribution in [0.1, 0.15) is 16.3 Å². The molecule has 5 nitrogen and oxygen atoms in total. The van der Waals surface area contributed by atoms with Crippen molar-refractivity contribution in [3.63, 3.8) is 0 Å². The van der Waals surface area contributed by atoms with Crippen molar-refractivity contribution in [2.45, 2.75) is 6.54 Å². The quantitative estimate of drug-likeness (QED) is 0.825. The molecule has 1 amide bonds. The van der Waals surface area contributed by atoms with Crippen LogP contribution in [-0.2, 0) is 6.54 Å². The van der Waals surface area contributed by atoms with E-state index < -0.39 is 0 Å². The summed E-state index contributed by atoms with van der Waals surface area (Å²) in [7, 11) is 0. The maximum atomic E-state index is 11.6. The molecule has 0 bridgehead atoms. The number of nitrogens with one attached hydrogen (secondary N) is 1. The van der Waals surface area contributed by atoms with Gasteiger partial charge in [0.15, 0.2) is 5.76 Å². The van der Waals surface area contributed by atoms with Crippen molar-refractivity contribution in [1.29, 1.82) is 0 Å². The summed E-state index contributed by atoms with van der Waals surface area (Å²) in [5.41, 5.74) is -0.128. The van der Waals surface area contributed by atoms with E-state index in [1.165, 1.54) is 10.6 Å². The average molecular weight is 256 g/mol. The zero-order valence-corrected chi connectivity index (χ0v) is 10.1. The Morgan fingerprint density at radius 3 is 2.95 bits per heavy atom. The number of carbonyl (C=O) groups is 1. The third-order valence-electron chi connectivity index (χ3n) is 2.46. The molecule has 2 aromatic rings. The molecule has 0 atom stereocenters. The summed E-state index contributed by atoms with van der Waals surface area (Å²) in [4.78, 5) is 23.1. The molecule has 2 heterocycles. The Morgan fingerprint density at radius 1 is 1.37 bits per heavy atom. The van der Waals surface area contributed by atoms with E-state index in [1.807, 2.05) is 0 Å². The highest BCUT2D eigenvalue weighted by Gasteiger charge is 2.10. The molecule has 96 valence electrons. The van der Waals surface area contributed by atoms with Crippen LogP contribution in [0.4, 0.5) is 0 Å². The minimum absolute atomic E-state index is 0.128. The minimum atomic E-state index is -0.371. The van der Waals surface area contributed by atoms with E-state index in [1.54, 1.807) is 30.5 Å². The maximum absolute atomic E-state index is 11.6. The second-order valence-corrected chi connectivity index (χ2v) is 3.82. The first-order chi connectivity index (χ1) is 9.20. The Balaban J connectivity index is 2.10. The van der Waals surface area contributed by atoms with E-state index >= 15 is 0 Å². The molecule has 0 saturated heterocycles. The van der Waals surface area contributed by atoms with Crippen molar-refractivity contribution in [2.24, 2.45) is 0 Å². The third kappa shape index (κ3) is 3.13. The monoisotopic (exact) mass is 256 g/mol. The Morgan fingerprint density at radius 2 is 2.21 bits per heavy atom. The van der Waals surface area contributed by atoms with Gasteiger partial charge in [-0.3, -0.25) is 9.59 Å². The van der Waals surface area contributed by atoms with Gasteiger partial charge in [-0.2, -0.15) is 0 Å².